The van der Waals surface area contributed by atoms with Crippen LogP contribution in [0.15, 0.2) is 48.5 Å². The Hall–Kier alpha value is -2.89. The molecule has 1 saturated heterocycles. The van der Waals surface area contributed by atoms with Gasteiger partial charge in [0.2, 0.25) is 0 Å². The molecule has 0 bridgehead atoms. The van der Waals surface area contributed by atoms with Gasteiger partial charge in [-0.3, -0.25) is 0 Å². The van der Waals surface area contributed by atoms with E-state index in [-0.39, 0.29) is 17.8 Å². The van der Waals surface area contributed by atoms with E-state index in [1.807, 2.05) is 22.9 Å². The van der Waals surface area contributed by atoms with Gasteiger partial charge < -0.3 is 10.6 Å². The van der Waals surface area contributed by atoms with E-state index in [9.17, 15) is 9.18 Å². The molecule has 3 aromatic rings. The second-order valence-electron chi connectivity index (χ2n) is 6.39. The summed E-state index contributed by atoms with van der Waals surface area (Å²) in [5.74, 6) is 0.0152. The minimum Gasteiger partial charge on any atom is -0.351 e. The lowest BCUT2D eigenvalue weighted by Gasteiger charge is -2.30. The number of para-hydroxylation sites is 1. The number of likely N-dealkylation sites (tertiary alicyclic amines) is 1. The molecule has 0 atom stereocenters. The SMILES string of the molecule is NC(=O)N1CCC(c2nn(-c3ccc(F)cc3)c3ccccc23)CC1. The molecule has 25 heavy (non-hydrogen) atoms. The number of nitrogens with zero attached hydrogens (tertiary/aromatic N) is 3. The number of nitrogens with two attached hydrogens (primary N) is 1. The fourth-order valence-corrected chi connectivity index (χ4v) is 3.54. The number of amides is 2. The lowest BCUT2D eigenvalue weighted by atomic mass is 9.92. The first-order chi connectivity index (χ1) is 12.1. The summed E-state index contributed by atoms with van der Waals surface area (Å²) in [7, 11) is 0. The summed E-state index contributed by atoms with van der Waals surface area (Å²) in [5, 5.41) is 5.94. The molecule has 0 radical (unpaired) electrons. The number of hydrogen-bond donors (Lipinski definition) is 1. The maximum Gasteiger partial charge on any atom is 0.314 e. The van der Waals surface area contributed by atoms with Crippen LogP contribution in [0.5, 0.6) is 0 Å². The van der Waals surface area contributed by atoms with Crippen LogP contribution in [0.3, 0.4) is 0 Å². The molecule has 2 heterocycles. The molecule has 2 amide bonds. The lowest BCUT2D eigenvalue weighted by molar-refractivity contribution is 0.190. The van der Waals surface area contributed by atoms with Crippen LogP contribution >= 0.6 is 0 Å². The van der Waals surface area contributed by atoms with Crippen molar-refractivity contribution in [3.63, 3.8) is 0 Å². The van der Waals surface area contributed by atoms with Crippen molar-refractivity contribution < 1.29 is 9.18 Å². The highest BCUT2D eigenvalue weighted by Crippen LogP contribution is 2.33. The van der Waals surface area contributed by atoms with Crippen LogP contribution in [0.25, 0.3) is 16.6 Å². The third kappa shape index (κ3) is 2.84. The molecule has 1 aliphatic heterocycles. The zero-order valence-corrected chi connectivity index (χ0v) is 13.7. The highest BCUT2D eigenvalue weighted by Gasteiger charge is 2.26. The molecule has 0 spiro atoms. The average molecular weight is 338 g/mol. The molecule has 0 aliphatic carbocycles. The monoisotopic (exact) mass is 338 g/mol. The summed E-state index contributed by atoms with van der Waals surface area (Å²) in [6.07, 6.45) is 1.68. The number of carbonyl (C=O) groups excluding carboxylic acids is 1. The van der Waals surface area contributed by atoms with E-state index < -0.39 is 0 Å². The van der Waals surface area contributed by atoms with Gasteiger partial charge in [0.25, 0.3) is 0 Å². The molecular weight excluding hydrogens is 319 g/mol. The number of halogens is 1. The quantitative estimate of drug-likeness (QED) is 0.778. The molecule has 1 fully saturated rings. The van der Waals surface area contributed by atoms with Gasteiger partial charge >= 0.3 is 6.03 Å². The number of aromatic nitrogens is 2. The summed E-state index contributed by atoms with van der Waals surface area (Å²) in [4.78, 5) is 13.0. The number of carbonyl (C=O) groups is 1. The predicted octanol–water partition coefficient (Wildman–Crippen LogP) is 3.42. The molecule has 0 saturated carbocycles. The number of piperidine rings is 1. The van der Waals surface area contributed by atoms with Crippen LogP contribution in [0.2, 0.25) is 0 Å². The second kappa shape index (κ2) is 6.20. The van der Waals surface area contributed by atoms with Gasteiger partial charge in [0.1, 0.15) is 5.82 Å². The summed E-state index contributed by atoms with van der Waals surface area (Å²) in [6.45, 7) is 1.30. The van der Waals surface area contributed by atoms with E-state index >= 15 is 0 Å². The Kier molecular flexibility index (Phi) is 3.87. The fourth-order valence-electron chi connectivity index (χ4n) is 3.54. The van der Waals surface area contributed by atoms with E-state index in [0.29, 0.717) is 13.1 Å². The molecule has 4 rings (SSSR count). The van der Waals surface area contributed by atoms with E-state index in [1.54, 1.807) is 17.0 Å². The molecule has 1 aromatic heterocycles. The minimum atomic E-state index is -0.361. The Labute approximate surface area is 144 Å². The van der Waals surface area contributed by atoms with Crippen LogP contribution < -0.4 is 5.73 Å². The Morgan fingerprint density at radius 1 is 1.08 bits per heavy atom. The first-order valence-corrected chi connectivity index (χ1v) is 8.41. The molecular formula is C19H19FN4O. The van der Waals surface area contributed by atoms with Crippen LogP contribution in [0.4, 0.5) is 9.18 Å². The number of fused-ring (bicyclic) bond motifs is 1. The van der Waals surface area contributed by atoms with E-state index in [4.69, 9.17) is 10.8 Å². The van der Waals surface area contributed by atoms with Gasteiger partial charge in [0, 0.05) is 24.4 Å². The van der Waals surface area contributed by atoms with Gasteiger partial charge in [-0.1, -0.05) is 18.2 Å². The highest BCUT2D eigenvalue weighted by molar-refractivity contribution is 5.84. The normalized spacial score (nSPS) is 15.6. The van der Waals surface area contributed by atoms with Gasteiger partial charge in [-0.05, 0) is 43.2 Å². The van der Waals surface area contributed by atoms with Crippen molar-refractivity contribution in [1.82, 2.24) is 14.7 Å². The minimum absolute atomic E-state index is 0.265. The number of urea groups is 1. The van der Waals surface area contributed by atoms with Crippen molar-refractivity contribution in [1.29, 1.82) is 0 Å². The van der Waals surface area contributed by atoms with Crippen molar-refractivity contribution in [2.75, 3.05) is 13.1 Å². The Bertz CT molecular complexity index is 911. The van der Waals surface area contributed by atoms with E-state index in [2.05, 4.69) is 6.07 Å². The smallest absolute Gasteiger partial charge is 0.314 e. The lowest BCUT2D eigenvalue weighted by Crippen LogP contribution is -2.41. The van der Waals surface area contributed by atoms with Crippen molar-refractivity contribution in [2.24, 2.45) is 5.73 Å². The third-order valence-electron chi connectivity index (χ3n) is 4.88. The zero-order chi connectivity index (χ0) is 17.4. The summed E-state index contributed by atoms with van der Waals surface area (Å²) in [6, 6.07) is 14.0. The second-order valence-corrected chi connectivity index (χ2v) is 6.39. The third-order valence-corrected chi connectivity index (χ3v) is 4.88. The molecule has 0 unspecified atom stereocenters. The average Bonchev–Trinajstić information content (AvgIpc) is 3.02. The van der Waals surface area contributed by atoms with Crippen LogP contribution in [0.1, 0.15) is 24.5 Å². The molecule has 2 aromatic carbocycles. The van der Waals surface area contributed by atoms with Gasteiger partial charge in [0.05, 0.1) is 16.9 Å². The number of hydrogen-bond acceptors (Lipinski definition) is 2. The first-order valence-electron chi connectivity index (χ1n) is 8.41. The number of primary amides is 1. The standard InChI is InChI=1S/C19H19FN4O/c20-14-5-7-15(8-6-14)24-17-4-2-1-3-16(17)18(22-24)13-9-11-23(12-10-13)19(21)25/h1-8,13H,9-12H2,(H2,21,25). The van der Waals surface area contributed by atoms with Gasteiger partial charge in [-0.2, -0.15) is 5.10 Å². The highest BCUT2D eigenvalue weighted by atomic mass is 19.1. The fraction of sp³-hybridized carbons (Fsp3) is 0.263. The van der Waals surface area contributed by atoms with E-state index in [0.717, 1.165) is 35.1 Å². The van der Waals surface area contributed by atoms with Gasteiger partial charge in [0.15, 0.2) is 0 Å². The number of rotatable bonds is 2. The topological polar surface area (TPSA) is 64.2 Å². The van der Waals surface area contributed by atoms with Crippen molar-refractivity contribution in [3.8, 4) is 5.69 Å². The summed E-state index contributed by atoms with van der Waals surface area (Å²) >= 11 is 0. The maximum absolute atomic E-state index is 13.2. The molecule has 6 heteroatoms. The molecule has 1 aliphatic rings. The molecule has 5 nitrogen and oxygen atoms in total. The molecule has 128 valence electrons. The van der Waals surface area contributed by atoms with Crippen molar-refractivity contribution >= 4 is 16.9 Å². The van der Waals surface area contributed by atoms with Crippen LogP contribution in [-0.4, -0.2) is 33.8 Å². The number of benzene rings is 2. The first kappa shape index (κ1) is 15.6. The van der Waals surface area contributed by atoms with Crippen molar-refractivity contribution in [3.05, 3.63) is 60.0 Å². The Morgan fingerprint density at radius 2 is 1.76 bits per heavy atom. The maximum atomic E-state index is 13.2. The Balaban J connectivity index is 1.73. The summed E-state index contributed by atoms with van der Waals surface area (Å²) < 4.78 is 15.1. The van der Waals surface area contributed by atoms with Crippen LogP contribution in [-0.2, 0) is 0 Å². The van der Waals surface area contributed by atoms with E-state index in [1.165, 1.54) is 12.1 Å². The Morgan fingerprint density at radius 3 is 2.44 bits per heavy atom. The van der Waals surface area contributed by atoms with Gasteiger partial charge in [-0.25, -0.2) is 13.9 Å². The predicted molar refractivity (Wildman–Crippen MR) is 94.2 cm³/mol. The summed E-state index contributed by atoms with van der Waals surface area (Å²) in [5.41, 5.74) is 8.24. The zero-order valence-electron chi connectivity index (χ0n) is 13.7. The van der Waals surface area contributed by atoms with Crippen molar-refractivity contribution in [2.45, 2.75) is 18.8 Å². The largest absolute Gasteiger partial charge is 0.351 e. The van der Waals surface area contributed by atoms with Crippen LogP contribution in [0, 0.1) is 5.82 Å². The van der Waals surface area contributed by atoms with Gasteiger partial charge in [-0.15, -0.1) is 0 Å². The molecule has 2 N–H and O–H groups in total.